The van der Waals surface area contributed by atoms with Crippen molar-refractivity contribution in [3.8, 4) is 5.75 Å². The van der Waals surface area contributed by atoms with E-state index < -0.39 is 15.8 Å². The van der Waals surface area contributed by atoms with Gasteiger partial charge in [0.25, 0.3) is 5.91 Å². The fourth-order valence-corrected chi connectivity index (χ4v) is 6.41. The minimum atomic E-state index is -3.75. The lowest BCUT2D eigenvalue weighted by Crippen LogP contribution is -2.17. The first-order valence-corrected chi connectivity index (χ1v) is 14.1. The zero-order valence-corrected chi connectivity index (χ0v) is 22.8. The predicted octanol–water partition coefficient (Wildman–Crippen LogP) is 7.00. The van der Waals surface area contributed by atoms with Crippen molar-refractivity contribution in [3.05, 3.63) is 86.7 Å². The van der Waals surface area contributed by atoms with E-state index in [9.17, 15) is 18.0 Å². The maximum absolute atomic E-state index is 13.1. The molecule has 4 rings (SSSR count). The van der Waals surface area contributed by atoms with Gasteiger partial charge in [0.2, 0.25) is 0 Å². The number of sulfone groups is 1. The van der Waals surface area contributed by atoms with Crippen LogP contribution in [0.25, 0.3) is 6.08 Å². The van der Waals surface area contributed by atoms with Crippen molar-refractivity contribution < 1.29 is 22.7 Å². The van der Waals surface area contributed by atoms with Gasteiger partial charge in [-0.2, -0.15) is 0 Å². The van der Waals surface area contributed by atoms with Gasteiger partial charge < -0.3 is 10.1 Å². The highest BCUT2D eigenvalue weighted by Crippen LogP contribution is 2.41. The summed E-state index contributed by atoms with van der Waals surface area (Å²) in [6, 6.07) is 16.0. The SMILES string of the molecule is CC.CC(=O)Oc1ccc(/C=C2\Sc3cc(S(=O)(=O)Cc4c(Cl)cccc4Cl)ccc3NC2=O)cc1. The number of ether oxygens (including phenoxy) is 1. The molecule has 0 fully saturated rings. The van der Waals surface area contributed by atoms with Crippen molar-refractivity contribution in [2.75, 3.05) is 5.32 Å². The summed E-state index contributed by atoms with van der Waals surface area (Å²) in [5.41, 5.74) is 1.57. The topological polar surface area (TPSA) is 89.5 Å². The molecule has 3 aromatic carbocycles. The Morgan fingerprint density at radius 1 is 1.03 bits per heavy atom. The molecule has 6 nitrogen and oxygen atoms in total. The van der Waals surface area contributed by atoms with E-state index in [1.807, 2.05) is 13.8 Å². The average Bonchev–Trinajstić information content (AvgIpc) is 2.84. The highest BCUT2D eigenvalue weighted by atomic mass is 35.5. The number of carbonyl (C=O) groups excluding carboxylic acids is 2. The highest BCUT2D eigenvalue weighted by Gasteiger charge is 2.25. The van der Waals surface area contributed by atoms with Crippen LogP contribution in [0.3, 0.4) is 0 Å². The van der Waals surface area contributed by atoms with Crippen molar-refractivity contribution >= 4 is 68.4 Å². The van der Waals surface area contributed by atoms with Gasteiger partial charge in [-0.1, -0.05) is 67.0 Å². The van der Waals surface area contributed by atoms with Crippen LogP contribution in [0.4, 0.5) is 5.69 Å². The summed E-state index contributed by atoms with van der Waals surface area (Å²) in [6.45, 7) is 5.31. The van der Waals surface area contributed by atoms with E-state index in [0.29, 0.717) is 32.4 Å². The molecular formula is C26H23Cl2NO5S2. The van der Waals surface area contributed by atoms with E-state index in [4.69, 9.17) is 27.9 Å². The van der Waals surface area contributed by atoms with Gasteiger partial charge in [0.1, 0.15) is 5.75 Å². The normalized spacial score (nSPS) is 13.8. The second kappa shape index (κ2) is 12.0. The summed E-state index contributed by atoms with van der Waals surface area (Å²) < 4.78 is 31.2. The lowest BCUT2D eigenvalue weighted by atomic mass is 10.2. The number of hydrogen-bond donors (Lipinski definition) is 1. The van der Waals surface area contributed by atoms with Crippen molar-refractivity contribution in [3.63, 3.8) is 0 Å². The summed E-state index contributed by atoms with van der Waals surface area (Å²) in [6.07, 6.45) is 1.67. The quantitative estimate of drug-likeness (QED) is 0.204. The average molecular weight is 565 g/mol. The molecule has 188 valence electrons. The minimum absolute atomic E-state index is 0.0935. The van der Waals surface area contributed by atoms with Crippen LogP contribution in [0, 0.1) is 0 Å². The third-order valence-electron chi connectivity index (χ3n) is 4.84. The van der Waals surface area contributed by atoms with Crippen molar-refractivity contribution in [2.45, 2.75) is 36.3 Å². The fourth-order valence-electron chi connectivity index (χ4n) is 3.22. The number of esters is 1. The molecule has 1 aliphatic rings. The molecular weight excluding hydrogens is 541 g/mol. The molecule has 0 aromatic heterocycles. The number of rotatable bonds is 5. The van der Waals surface area contributed by atoms with Crippen LogP contribution >= 0.6 is 35.0 Å². The van der Waals surface area contributed by atoms with E-state index in [2.05, 4.69) is 5.32 Å². The van der Waals surface area contributed by atoms with E-state index >= 15 is 0 Å². The maximum Gasteiger partial charge on any atom is 0.308 e. The third kappa shape index (κ3) is 6.70. The van der Waals surface area contributed by atoms with Crippen LogP contribution in [0.15, 0.2) is 75.4 Å². The van der Waals surface area contributed by atoms with Gasteiger partial charge in [-0.05, 0) is 54.1 Å². The monoisotopic (exact) mass is 563 g/mol. The number of nitrogens with one attached hydrogen (secondary N) is 1. The molecule has 0 saturated carbocycles. The summed E-state index contributed by atoms with van der Waals surface area (Å²) in [5.74, 6) is -0.680. The molecule has 0 aliphatic carbocycles. The number of halogens is 2. The van der Waals surface area contributed by atoms with Gasteiger partial charge in [-0.3, -0.25) is 9.59 Å². The van der Waals surface area contributed by atoms with E-state index in [0.717, 1.165) is 11.8 Å². The molecule has 0 atom stereocenters. The lowest BCUT2D eigenvalue weighted by Gasteiger charge is -2.19. The Labute approximate surface area is 224 Å². The molecule has 36 heavy (non-hydrogen) atoms. The molecule has 0 bridgehead atoms. The van der Waals surface area contributed by atoms with Crippen molar-refractivity contribution in [2.24, 2.45) is 0 Å². The molecule has 3 aromatic rings. The fraction of sp³-hybridized carbons (Fsp3) is 0.154. The molecule has 0 spiro atoms. The number of anilines is 1. The zero-order valence-electron chi connectivity index (χ0n) is 19.7. The highest BCUT2D eigenvalue weighted by molar-refractivity contribution is 8.04. The molecule has 0 saturated heterocycles. The number of hydrogen-bond acceptors (Lipinski definition) is 6. The minimum Gasteiger partial charge on any atom is -0.427 e. The molecule has 0 unspecified atom stereocenters. The Morgan fingerprint density at radius 2 is 1.67 bits per heavy atom. The number of carbonyl (C=O) groups is 2. The molecule has 1 N–H and O–H groups in total. The van der Waals surface area contributed by atoms with Crippen molar-refractivity contribution in [1.29, 1.82) is 0 Å². The first-order valence-electron chi connectivity index (χ1n) is 10.9. The Morgan fingerprint density at radius 3 is 2.28 bits per heavy atom. The largest absolute Gasteiger partial charge is 0.427 e. The molecule has 10 heteroatoms. The van der Waals surface area contributed by atoms with Gasteiger partial charge >= 0.3 is 5.97 Å². The van der Waals surface area contributed by atoms with Crippen LogP contribution in [0.2, 0.25) is 10.0 Å². The number of amides is 1. The van der Waals surface area contributed by atoms with Crippen LogP contribution < -0.4 is 10.1 Å². The lowest BCUT2D eigenvalue weighted by molar-refractivity contribution is -0.131. The Kier molecular flexibility index (Phi) is 9.24. The van der Waals surface area contributed by atoms with Gasteiger partial charge in [0, 0.05) is 27.4 Å². The van der Waals surface area contributed by atoms with Crippen LogP contribution in [0.1, 0.15) is 31.9 Å². The second-order valence-electron chi connectivity index (χ2n) is 7.34. The summed E-state index contributed by atoms with van der Waals surface area (Å²) in [7, 11) is -3.75. The Hall–Kier alpha value is -2.78. The first kappa shape index (κ1) is 27.8. The van der Waals surface area contributed by atoms with Gasteiger partial charge in [0.15, 0.2) is 9.84 Å². The third-order valence-corrected chi connectivity index (χ3v) is 8.27. The summed E-state index contributed by atoms with van der Waals surface area (Å²) in [4.78, 5) is 24.7. The molecule has 0 radical (unpaired) electrons. The van der Waals surface area contributed by atoms with Crippen LogP contribution in [-0.4, -0.2) is 20.3 Å². The Balaban J connectivity index is 0.00000176. The van der Waals surface area contributed by atoms with E-state index in [-0.39, 0.29) is 26.6 Å². The second-order valence-corrected chi connectivity index (χ2v) is 11.2. The van der Waals surface area contributed by atoms with Gasteiger partial charge in [-0.15, -0.1) is 0 Å². The molecule has 1 aliphatic heterocycles. The van der Waals surface area contributed by atoms with Crippen molar-refractivity contribution in [1.82, 2.24) is 0 Å². The van der Waals surface area contributed by atoms with Crippen LogP contribution in [0.5, 0.6) is 5.75 Å². The smallest absolute Gasteiger partial charge is 0.308 e. The first-order chi connectivity index (χ1) is 17.1. The number of thioether (sulfide) groups is 1. The summed E-state index contributed by atoms with van der Waals surface area (Å²) >= 11 is 13.5. The Bertz CT molecular complexity index is 1410. The summed E-state index contributed by atoms with van der Waals surface area (Å²) in [5, 5.41) is 3.34. The maximum atomic E-state index is 13.1. The molecule has 1 heterocycles. The van der Waals surface area contributed by atoms with E-state index in [1.165, 1.54) is 19.1 Å². The predicted molar refractivity (Wildman–Crippen MR) is 145 cm³/mol. The van der Waals surface area contributed by atoms with Gasteiger partial charge in [-0.25, -0.2) is 8.42 Å². The van der Waals surface area contributed by atoms with Gasteiger partial charge in [0.05, 0.1) is 21.2 Å². The molecule has 1 amide bonds. The standard InChI is InChI=1S/C24H17Cl2NO5S2.C2H6/c1-14(28)32-16-7-5-15(6-8-16)11-23-24(29)27-21-10-9-17(12-22(21)33-23)34(30,31)13-18-19(25)3-2-4-20(18)26;1-2/h2-12H,13H2,1H3,(H,27,29);1-2H3/b23-11-;. The number of benzene rings is 3. The van der Waals surface area contributed by atoms with Crippen LogP contribution in [-0.2, 0) is 25.2 Å². The number of fused-ring (bicyclic) bond motifs is 1. The zero-order chi connectivity index (χ0) is 26.5. The van der Waals surface area contributed by atoms with E-state index in [1.54, 1.807) is 54.6 Å².